The number of sulfonamides is 1. The summed E-state index contributed by atoms with van der Waals surface area (Å²) in [5.41, 5.74) is 5.66. The maximum absolute atomic E-state index is 12.6. The molecule has 2 amide bonds. The van der Waals surface area contributed by atoms with Crippen molar-refractivity contribution in [3.63, 3.8) is 0 Å². The van der Waals surface area contributed by atoms with Crippen LogP contribution in [0.5, 0.6) is 0 Å². The van der Waals surface area contributed by atoms with Crippen LogP contribution in [-0.4, -0.2) is 45.4 Å². The third-order valence-electron chi connectivity index (χ3n) is 4.10. The summed E-state index contributed by atoms with van der Waals surface area (Å²) in [6.45, 7) is 0.663. The van der Waals surface area contributed by atoms with Crippen LogP contribution in [0.2, 0.25) is 5.02 Å². The van der Waals surface area contributed by atoms with E-state index >= 15 is 0 Å². The van der Waals surface area contributed by atoms with E-state index in [1.54, 1.807) is 30.3 Å². The monoisotopic (exact) mass is 467 g/mol. The number of nitrogens with one attached hydrogen (secondary N) is 1. The number of amides is 2. The van der Waals surface area contributed by atoms with Gasteiger partial charge in [0, 0.05) is 23.7 Å². The molecule has 0 saturated carbocycles. The zero-order valence-electron chi connectivity index (χ0n) is 16.7. The second kappa shape index (κ2) is 10.9. The Kier molecular flexibility index (Phi) is 8.55. The zero-order chi connectivity index (χ0) is 23.0. The Bertz CT molecular complexity index is 1030. The van der Waals surface area contributed by atoms with Crippen LogP contribution in [0, 0.1) is 0 Å². The van der Waals surface area contributed by atoms with Crippen molar-refractivity contribution in [1.29, 1.82) is 0 Å². The van der Waals surface area contributed by atoms with E-state index in [1.807, 2.05) is 0 Å². The van der Waals surface area contributed by atoms with Crippen molar-refractivity contribution in [2.75, 3.05) is 18.1 Å². The van der Waals surface area contributed by atoms with Crippen molar-refractivity contribution in [2.24, 2.45) is 5.73 Å². The van der Waals surface area contributed by atoms with Gasteiger partial charge in [-0.2, -0.15) is 4.72 Å². The summed E-state index contributed by atoms with van der Waals surface area (Å²) in [7, 11) is -3.99. The van der Waals surface area contributed by atoms with Crippen molar-refractivity contribution in [3.8, 4) is 0 Å². The maximum Gasteiger partial charge on any atom is 0.324 e. The fraction of sp³-hybridized carbons (Fsp3) is 0.250. The molecular weight excluding hydrogens is 446 g/mol. The molecule has 0 fully saturated rings. The molecule has 0 unspecified atom stereocenters. The molecule has 166 valence electrons. The Morgan fingerprint density at radius 1 is 1.10 bits per heavy atom. The van der Waals surface area contributed by atoms with E-state index in [0.717, 1.165) is 0 Å². The summed E-state index contributed by atoms with van der Waals surface area (Å²) < 4.78 is 31.9. The Balaban J connectivity index is 1.99. The average Bonchev–Trinajstić information content (AvgIpc) is 2.72. The van der Waals surface area contributed by atoms with Gasteiger partial charge < -0.3 is 15.4 Å². The molecule has 2 aromatic rings. The van der Waals surface area contributed by atoms with Crippen LogP contribution in [0.1, 0.15) is 13.3 Å². The van der Waals surface area contributed by atoms with Gasteiger partial charge in [0.15, 0.2) is 6.61 Å². The van der Waals surface area contributed by atoms with E-state index in [2.05, 4.69) is 4.72 Å². The first kappa shape index (κ1) is 24.3. The van der Waals surface area contributed by atoms with Crippen LogP contribution in [0.25, 0.3) is 0 Å². The number of rotatable bonds is 10. The lowest BCUT2D eigenvalue weighted by molar-refractivity contribution is -0.149. The minimum absolute atomic E-state index is 0.00841. The fourth-order valence-electron chi connectivity index (χ4n) is 2.53. The average molecular weight is 468 g/mol. The van der Waals surface area contributed by atoms with Crippen molar-refractivity contribution >= 4 is 45.1 Å². The second-order valence-corrected chi connectivity index (χ2v) is 8.65. The first-order valence-corrected chi connectivity index (χ1v) is 11.0. The number of hydrogen-bond acceptors (Lipinski definition) is 6. The second-order valence-electron chi connectivity index (χ2n) is 6.50. The van der Waals surface area contributed by atoms with E-state index in [9.17, 15) is 22.8 Å². The smallest absolute Gasteiger partial charge is 0.324 e. The molecule has 0 aliphatic heterocycles. The Labute approximate surface area is 185 Å². The number of hydrogen-bond donors (Lipinski definition) is 2. The highest BCUT2D eigenvalue weighted by atomic mass is 35.5. The van der Waals surface area contributed by atoms with Gasteiger partial charge in [0.05, 0.1) is 4.90 Å². The van der Waals surface area contributed by atoms with Gasteiger partial charge >= 0.3 is 5.97 Å². The molecule has 31 heavy (non-hydrogen) atoms. The first-order valence-electron chi connectivity index (χ1n) is 9.18. The Morgan fingerprint density at radius 3 is 2.29 bits per heavy atom. The lowest BCUT2D eigenvalue weighted by atomic mass is 10.2. The summed E-state index contributed by atoms with van der Waals surface area (Å²) in [6, 6.07) is 12.6. The van der Waals surface area contributed by atoms with Gasteiger partial charge in [-0.1, -0.05) is 29.8 Å². The van der Waals surface area contributed by atoms with Gasteiger partial charge in [0.2, 0.25) is 15.9 Å². The van der Waals surface area contributed by atoms with Crippen molar-refractivity contribution in [1.82, 2.24) is 4.72 Å². The molecule has 0 heterocycles. The van der Waals surface area contributed by atoms with Crippen LogP contribution < -0.4 is 15.4 Å². The minimum atomic E-state index is -3.99. The van der Waals surface area contributed by atoms with Crippen LogP contribution in [-0.2, 0) is 29.1 Å². The quantitative estimate of drug-likeness (QED) is 0.507. The summed E-state index contributed by atoms with van der Waals surface area (Å²) >= 11 is 5.75. The normalized spacial score (nSPS) is 12.1. The Hall–Kier alpha value is -2.95. The van der Waals surface area contributed by atoms with Gasteiger partial charge in [-0.3, -0.25) is 14.4 Å². The highest BCUT2D eigenvalue weighted by molar-refractivity contribution is 7.89. The molecule has 0 saturated heterocycles. The number of benzene rings is 2. The van der Waals surface area contributed by atoms with Gasteiger partial charge in [0.25, 0.3) is 5.91 Å². The number of nitrogens with two attached hydrogens (primary N) is 1. The fourth-order valence-corrected chi connectivity index (χ4v) is 3.84. The SMILES string of the molecule is C[C@H](NS(=O)(=O)c1ccc(Cl)cc1)C(=O)OCC(=O)N(CCC(N)=O)c1ccccc1. The zero-order valence-corrected chi connectivity index (χ0v) is 18.2. The lowest BCUT2D eigenvalue weighted by Gasteiger charge is -2.22. The number of esters is 1. The van der Waals surface area contributed by atoms with Gasteiger partial charge in [0.1, 0.15) is 6.04 Å². The molecule has 0 spiro atoms. The predicted molar refractivity (Wildman–Crippen MR) is 115 cm³/mol. The molecule has 2 rings (SSSR count). The van der Waals surface area contributed by atoms with Crippen LogP contribution in [0.15, 0.2) is 59.5 Å². The molecule has 11 heteroatoms. The number of para-hydroxylation sites is 1. The molecule has 0 aliphatic carbocycles. The van der Waals surface area contributed by atoms with Gasteiger partial charge in [-0.15, -0.1) is 0 Å². The lowest BCUT2D eigenvalue weighted by Crippen LogP contribution is -2.42. The van der Waals surface area contributed by atoms with E-state index in [-0.39, 0.29) is 17.9 Å². The Morgan fingerprint density at radius 2 is 1.71 bits per heavy atom. The van der Waals surface area contributed by atoms with Crippen LogP contribution in [0.3, 0.4) is 0 Å². The number of primary amides is 1. The molecule has 0 aliphatic rings. The number of anilines is 1. The predicted octanol–water partition coefficient (Wildman–Crippen LogP) is 1.46. The highest BCUT2D eigenvalue weighted by Crippen LogP contribution is 2.15. The van der Waals surface area contributed by atoms with Crippen LogP contribution in [0.4, 0.5) is 5.69 Å². The number of carbonyl (C=O) groups excluding carboxylic acids is 3. The van der Waals surface area contributed by atoms with E-state index in [1.165, 1.54) is 36.1 Å². The molecule has 3 N–H and O–H groups in total. The molecule has 2 aromatic carbocycles. The summed E-state index contributed by atoms with van der Waals surface area (Å²) in [6.07, 6.45) is -0.0775. The summed E-state index contributed by atoms with van der Waals surface area (Å²) in [4.78, 5) is 37.1. The number of halogens is 1. The van der Waals surface area contributed by atoms with Gasteiger partial charge in [-0.05, 0) is 43.3 Å². The minimum Gasteiger partial charge on any atom is -0.454 e. The maximum atomic E-state index is 12.6. The molecule has 0 radical (unpaired) electrons. The largest absolute Gasteiger partial charge is 0.454 e. The first-order chi connectivity index (χ1) is 14.6. The van der Waals surface area contributed by atoms with Crippen molar-refractivity contribution in [3.05, 3.63) is 59.6 Å². The third-order valence-corrected chi connectivity index (χ3v) is 5.91. The van der Waals surface area contributed by atoms with Gasteiger partial charge in [-0.25, -0.2) is 8.42 Å². The topological polar surface area (TPSA) is 136 Å². The molecule has 1 atom stereocenters. The third kappa shape index (κ3) is 7.35. The number of nitrogens with zero attached hydrogens (tertiary/aromatic N) is 1. The van der Waals surface area contributed by atoms with E-state index < -0.39 is 40.5 Å². The molecule has 9 nitrogen and oxygen atoms in total. The van der Waals surface area contributed by atoms with Crippen molar-refractivity contribution < 1.29 is 27.5 Å². The molecule has 0 aromatic heterocycles. The van der Waals surface area contributed by atoms with Crippen molar-refractivity contribution in [2.45, 2.75) is 24.3 Å². The molecule has 0 bridgehead atoms. The van der Waals surface area contributed by atoms with E-state index in [4.69, 9.17) is 22.1 Å². The molecular formula is C20H22ClN3O6S. The number of ether oxygens (including phenoxy) is 1. The number of carbonyl (C=O) groups is 3. The highest BCUT2D eigenvalue weighted by Gasteiger charge is 2.25. The van der Waals surface area contributed by atoms with E-state index in [0.29, 0.717) is 10.7 Å². The standard InChI is InChI=1S/C20H22ClN3O6S/c1-14(23-31(28,29)17-9-7-15(21)8-10-17)20(27)30-13-19(26)24(12-11-18(22)25)16-5-3-2-4-6-16/h2-10,14,23H,11-13H2,1H3,(H2,22,25)/t14-/m0/s1. The summed E-state index contributed by atoms with van der Waals surface area (Å²) in [5.74, 6) is -2.11. The van der Waals surface area contributed by atoms with Crippen LogP contribution >= 0.6 is 11.6 Å². The summed E-state index contributed by atoms with van der Waals surface area (Å²) in [5, 5.41) is 0.365.